The van der Waals surface area contributed by atoms with Crippen LogP contribution in [-0.4, -0.2) is 94.6 Å². The second-order valence-electron chi connectivity index (χ2n) is 16.2. The number of alkyl halides is 2. The molecule has 3 N–H and O–H groups in total. The summed E-state index contributed by atoms with van der Waals surface area (Å²) in [6, 6.07) is 12.4. The van der Waals surface area contributed by atoms with E-state index in [-0.39, 0.29) is 18.8 Å². The van der Waals surface area contributed by atoms with E-state index in [9.17, 15) is 36.4 Å². The number of carbonyl (C=O) groups excluding carboxylic acids is 4. The van der Waals surface area contributed by atoms with Crippen LogP contribution < -0.4 is 20.1 Å². The molecule has 5 atom stereocenters. The van der Waals surface area contributed by atoms with E-state index in [1.165, 1.54) is 4.90 Å². The van der Waals surface area contributed by atoms with Crippen molar-refractivity contribution in [3.05, 3.63) is 54.1 Å². The van der Waals surface area contributed by atoms with Crippen molar-refractivity contribution in [3.8, 4) is 17.1 Å². The van der Waals surface area contributed by atoms with Crippen LogP contribution in [0.25, 0.3) is 22.3 Å². The average molecular weight is 797 g/mol. The van der Waals surface area contributed by atoms with Crippen LogP contribution in [0.1, 0.15) is 71.8 Å². The minimum absolute atomic E-state index is 0.143. The number of alkyl carbamates (subject to hydrolysis) is 1. The Morgan fingerprint density at radius 1 is 1.04 bits per heavy atom. The summed E-state index contributed by atoms with van der Waals surface area (Å²) in [6.07, 6.45) is -2.97. The molecule has 2 aliphatic carbocycles. The van der Waals surface area contributed by atoms with Crippen LogP contribution in [0.5, 0.6) is 5.88 Å². The van der Waals surface area contributed by atoms with E-state index in [1.807, 2.05) is 53.3 Å². The highest BCUT2D eigenvalue weighted by Gasteiger charge is 2.66. The quantitative estimate of drug-likeness (QED) is 0.298. The highest BCUT2D eigenvalue weighted by atomic mass is 32.2. The van der Waals surface area contributed by atoms with E-state index in [2.05, 4.69) is 10.6 Å². The summed E-state index contributed by atoms with van der Waals surface area (Å²) in [5, 5.41) is 4.29. The second-order valence-corrected chi connectivity index (χ2v) is 18.2. The Kier molecular flexibility index (Phi) is 10.4. The number of nitrogens with zero attached hydrogens (tertiary/aromatic N) is 3. The molecule has 4 amide bonds. The molecule has 300 valence electrons. The number of aryl methyl sites for hydroxylation is 1. The number of ether oxygens (including phenoxy) is 2. The number of fused-ring (bicyclic) bond motifs is 4. The molecule has 17 heteroatoms. The van der Waals surface area contributed by atoms with E-state index in [0.29, 0.717) is 54.4 Å². The summed E-state index contributed by atoms with van der Waals surface area (Å²) >= 11 is 0. The van der Waals surface area contributed by atoms with Gasteiger partial charge in [0.2, 0.25) is 34.1 Å². The predicted octanol–water partition coefficient (Wildman–Crippen LogP) is 4.26. The zero-order chi connectivity index (χ0) is 40.2. The highest BCUT2D eigenvalue weighted by molar-refractivity contribution is 7.91. The summed E-state index contributed by atoms with van der Waals surface area (Å²) < 4.78 is 67.9. The number of rotatable bonds is 8. The molecule has 3 aromatic rings. The molecule has 3 fully saturated rings. The molecule has 2 aliphatic heterocycles. The first-order valence-corrected chi connectivity index (χ1v) is 20.5. The SMILES string of the molecule is CC(C)[C@@H]1NC(=O)OC(C)(C)CCCc2ccc3nc(-c4ccccc4)c(nc3c2)O[C@@H]2C[C@@H](C(=O)N[C@@]3(C(=O)NS(=O)(=O)C4CC4)C[C@H]3C(F)F)N(C2)C1=O. The van der Waals surface area contributed by atoms with E-state index in [4.69, 9.17) is 19.4 Å². The van der Waals surface area contributed by atoms with Crippen molar-refractivity contribution in [2.24, 2.45) is 11.8 Å². The van der Waals surface area contributed by atoms with Gasteiger partial charge in [0.1, 0.15) is 35.0 Å². The molecule has 4 aliphatic rings. The van der Waals surface area contributed by atoms with Gasteiger partial charge in [-0.3, -0.25) is 19.1 Å². The third kappa shape index (κ3) is 8.13. The molecule has 0 radical (unpaired) electrons. The first-order chi connectivity index (χ1) is 26.5. The Labute approximate surface area is 323 Å². The Morgan fingerprint density at radius 3 is 2.43 bits per heavy atom. The van der Waals surface area contributed by atoms with Gasteiger partial charge in [0.05, 0.1) is 28.7 Å². The lowest BCUT2D eigenvalue weighted by Gasteiger charge is -2.32. The Hall–Kier alpha value is -4.93. The predicted molar refractivity (Wildman–Crippen MR) is 200 cm³/mol. The van der Waals surface area contributed by atoms with Crippen LogP contribution >= 0.6 is 0 Å². The van der Waals surface area contributed by atoms with Gasteiger partial charge in [-0.2, -0.15) is 0 Å². The van der Waals surface area contributed by atoms with Crippen LogP contribution in [0.3, 0.4) is 0 Å². The molecule has 1 aromatic heterocycles. The Bertz CT molecular complexity index is 2150. The minimum Gasteiger partial charge on any atom is -0.471 e. The van der Waals surface area contributed by atoms with Gasteiger partial charge < -0.3 is 25.0 Å². The smallest absolute Gasteiger partial charge is 0.408 e. The van der Waals surface area contributed by atoms with Crippen molar-refractivity contribution < 1.29 is 45.9 Å². The number of aromatic nitrogens is 2. The van der Waals surface area contributed by atoms with Gasteiger partial charge in [-0.1, -0.05) is 50.2 Å². The van der Waals surface area contributed by atoms with Gasteiger partial charge >= 0.3 is 6.09 Å². The molecule has 2 saturated carbocycles. The monoisotopic (exact) mass is 796 g/mol. The topological polar surface area (TPSA) is 186 Å². The summed E-state index contributed by atoms with van der Waals surface area (Å²) in [6.45, 7) is 6.77. The maximum Gasteiger partial charge on any atom is 0.408 e. The normalized spacial score (nSPS) is 26.7. The number of amides is 4. The maximum atomic E-state index is 14.5. The average Bonchev–Trinajstić information content (AvgIpc) is 4.06. The molecule has 1 saturated heterocycles. The van der Waals surface area contributed by atoms with E-state index in [1.54, 1.807) is 27.7 Å². The van der Waals surface area contributed by atoms with Crippen molar-refractivity contribution in [1.82, 2.24) is 30.2 Å². The van der Waals surface area contributed by atoms with Crippen LogP contribution in [0.2, 0.25) is 0 Å². The van der Waals surface area contributed by atoms with E-state index < -0.39 is 93.1 Å². The largest absolute Gasteiger partial charge is 0.471 e. The lowest BCUT2D eigenvalue weighted by molar-refractivity contribution is -0.142. The number of benzene rings is 2. The standard InChI is InChI=1S/C39H46F2N6O8S/c1-21(2)30-35(49)47-20-24(18-29(47)33(48)45-39(19-26(39)32(40)41)36(50)46-56(52,53)25-13-14-25)54-34-31(23-10-6-5-7-11-23)42-27-15-12-22(17-28(27)43-34)9-8-16-38(3,4)55-37(51)44-30/h5-7,10-12,15,17,21,24-26,29-30,32H,8-9,13-14,16,18-20H2,1-4H3,(H,44,51)(H,45,48)(H,46,50)/t24-,26+,29+,30+,39+/m1/s1. The van der Waals surface area contributed by atoms with Gasteiger partial charge in [-0.25, -0.2) is 32.0 Å². The van der Waals surface area contributed by atoms with Crippen molar-refractivity contribution in [2.45, 2.75) is 114 Å². The first kappa shape index (κ1) is 39.3. The first-order valence-electron chi connectivity index (χ1n) is 19.0. The van der Waals surface area contributed by atoms with Gasteiger partial charge in [-0.05, 0) is 76.0 Å². The summed E-state index contributed by atoms with van der Waals surface area (Å²) in [4.78, 5) is 66.4. The summed E-state index contributed by atoms with van der Waals surface area (Å²) in [5.74, 6) is -4.89. The minimum atomic E-state index is -4.14. The molecule has 14 nitrogen and oxygen atoms in total. The number of cyclic esters (lactones) is 1. The summed E-state index contributed by atoms with van der Waals surface area (Å²) in [7, 11) is -4.14. The van der Waals surface area contributed by atoms with Crippen LogP contribution in [0.4, 0.5) is 13.6 Å². The van der Waals surface area contributed by atoms with Crippen molar-refractivity contribution in [3.63, 3.8) is 0 Å². The molecule has 3 heterocycles. The lowest BCUT2D eigenvalue weighted by atomic mass is 9.98. The molecular formula is C39H46F2N6O8S. The highest BCUT2D eigenvalue weighted by Crippen LogP contribution is 2.48. The van der Waals surface area contributed by atoms with Crippen LogP contribution in [-0.2, 0) is 35.6 Å². The Morgan fingerprint density at radius 2 is 1.77 bits per heavy atom. The lowest BCUT2D eigenvalue weighted by Crippen LogP contribution is -2.59. The van der Waals surface area contributed by atoms with Gasteiger partial charge in [-0.15, -0.1) is 0 Å². The van der Waals surface area contributed by atoms with E-state index >= 15 is 0 Å². The zero-order valence-electron chi connectivity index (χ0n) is 31.6. The summed E-state index contributed by atoms with van der Waals surface area (Å²) in [5.41, 5.74) is 0.133. The Balaban J connectivity index is 1.26. The zero-order valence-corrected chi connectivity index (χ0v) is 32.4. The number of nitrogens with one attached hydrogen (secondary N) is 3. The molecule has 5 bridgehead atoms. The van der Waals surface area contributed by atoms with Crippen molar-refractivity contribution in [1.29, 1.82) is 0 Å². The van der Waals surface area contributed by atoms with Crippen LogP contribution in [0, 0.1) is 11.8 Å². The molecule has 56 heavy (non-hydrogen) atoms. The molecule has 2 aromatic carbocycles. The second kappa shape index (κ2) is 14.9. The van der Waals surface area contributed by atoms with Crippen LogP contribution in [0.15, 0.2) is 48.5 Å². The number of hydrogen-bond acceptors (Lipinski definition) is 10. The fourth-order valence-electron chi connectivity index (χ4n) is 7.55. The fraction of sp³-hybridized carbons (Fsp3) is 0.538. The third-order valence-electron chi connectivity index (χ3n) is 11.0. The fourth-order valence-corrected chi connectivity index (χ4v) is 8.91. The van der Waals surface area contributed by atoms with E-state index in [0.717, 1.165) is 5.56 Å². The van der Waals surface area contributed by atoms with Crippen molar-refractivity contribution in [2.75, 3.05) is 6.54 Å². The molecule has 0 unspecified atom stereocenters. The van der Waals surface area contributed by atoms with Gasteiger partial charge in [0, 0.05) is 12.0 Å². The van der Waals surface area contributed by atoms with Crippen molar-refractivity contribution >= 4 is 44.9 Å². The third-order valence-corrected chi connectivity index (χ3v) is 12.8. The number of halogens is 2. The maximum absolute atomic E-state index is 14.5. The molecule has 7 rings (SSSR count). The number of sulfonamides is 1. The molecular weight excluding hydrogens is 751 g/mol. The molecule has 0 spiro atoms. The number of hydrogen-bond donors (Lipinski definition) is 3. The number of carbonyl (C=O) groups is 4. The van der Waals surface area contributed by atoms with Gasteiger partial charge in [0.25, 0.3) is 5.91 Å². The van der Waals surface area contributed by atoms with Gasteiger partial charge in [0.15, 0.2) is 0 Å².